The fourth-order valence-electron chi connectivity index (χ4n) is 2.36. The van der Waals surface area contributed by atoms with E-state index in [0.717, 1.165) is 5.56 Å². The number of aryl methyl sites for hydroxylation is 2. The molecule has 1 aromatic carbocycles. The minimum Gasteiger partial charge on any atom is -0.335 e. The Balaban J connectivity index is 1.99. The van der Waals surface area contributed by atoms with Gasteiger partial charge in [-0.2, -0.15) is 0 Å². The van der Waals surface area contributed by atoms with Gasteiger partial charge in [-0.15, -0.1) is 6.58 Å². The molecule has 22 heavy (non-hydrogen) atoms. The SMILES string of the molecule is C=CCN(Cc1ccccc1C)C(=O)CCc1cccnc1. The quantitative estimate of drug-likeness (QED) is 0.732. The summed E-state index contributed by atoms with van der Waals surface area (Å²) in [5.74, 6) is 0.145. The number of hydrogen-bond donors (Lipinski definition) is 0. The van der Waals surface area contributed by atoms with E-state index in [2.05, 4.69) is 30.6 Å². The fraction of sp³-hybridized carbons (Fsp3) is 0.263. The van der Waals surface area contributed by atoms with E-state index in [4.69, 9.17) is 0 Å². The number of nitrogens with zero attached hydrogens (tertiary/aromatic N) is 2. The van der Waals surface area contributed by atoms with E-state index in [1.165, 1.54) is 11.1 Å². The summed E-state index contributed by atoms with van der Waals surface area (Å²) in [6.07, 6.45) is 6.54. The summed E-state index contributed by atoms with van der Waals surface area (Å²) < 4.78 is 0. The van der Waals surface area contributed by atoms with Crippen molar-refractivity contribution in [2.24, 2.45) is 0 Å². The third-order valence-electron chi connectivity index (χ3n) is 3.67. The first kappa shape index (κ1) is 16.0. The maximum absolute atomic E-state index is 12.5. The lowest BCUT2D eigenvalue weighted by Crippen LogP contribution is -2.31. The average Bonchev–Trinajstić information content (AvgIpc) is 2.55. The Labute approximate surface area is 132 Å². The van der Waals surface area contributed by atoms with Crippen molar-refractivity contribution < 1.29 is 4.79 Å². The summed E-state index contributed by atoms with van der Waals surface area (Å²) in [6.45, 7) is 7.03. The average molecular weight is 294 g/mol. The van der Waals surface area contributed by atoms with Gasteiger partial charge in [0.1, 0.15) is 0 Å². The summed E-state index contributed by atoms with van der Waals surface area (Å²) in [5, 5.41) is 0. The highest BCUT2D eigenvalue weighted by Gasteiger charge is 2.13. The fourth-order valence-corrected chi connectivity index (χ4v) is 2.36. The molecule has 0 N–H and O–H groups in total. The molecule has 3 heteroatoms. The van der Waals surface area contributed by atoms with Gasteiger partial charge in [0.05, 0.1) is 0 Å². The molecule has 114 valence electrons. The number of pyridine rings is 1. The van der Waals surface area contributed by atoms with Gasteiger partial charge in [-0.05, 0) is 36.1 Å². The van der Waals surface area contributed by atoms with Crippen molar-refractivity contribution in [1.82, 2.24) is 9.88 Å². The highest BCUT2D eigenvalue weighted by atomic mass is 16.2. The number of benzene rings is 1. The minimum absolute atomic E-state index is 0.145. The molecule has 2 aromatic rings. The number of aromatic nitrogens is 1. The normalized spacial score (nSPS) is 10.2. The molecule has 0 radical (unpaired) electrons. The number of hydrogen-bond acceptors (Lipinski definition) is 2. The molecule has 0 saturated heterocycles. The molecule has 0 unspecified atom stereocenters. The second-order valence-corrected chi connectivity index (χ2v) is 5.35. The monoisotopic (exact) mass is 294 g/mol. The van der Waals surface area contributed by atoms with E-state index >= 15 is 0 Å². The van der Waals surface area contributed by atoms with E-state index in [1.54, 1.807) is 12.3 Å². The highest BCUT2D eigenvalue weighted by Crippen LogP contribution is 2.12. The van der Waals surface area contributed by atoms with Crippen LogP contribution in [0, 0.1) is 6.92 Å². The predicted octanol–water partition coefficient (Wildman–Crippen LogP) is 3.54. The van der Waals surface area contributed by atoms with Gasteiger partial charge >= 0.3 is 0 Å². The lowest BCUT2D eigenvalue weighted by Gasteiger charge is -2.22. The van der Waals surface area contributed by atoms with Gasteiger partial charge in [-0.25, -0.2) is 0 Å². The maximum atomic E-state index is 12.5. The van der Waals surface area contributed by atoms with Crippen LogP contribution in [-0.2, 0) is 17.8 Å². The van der Waals surface area contributed by atoms with Crippen molar-refractivity contribution in [3.05, 3.63) is 78.1 Å². The predicted molar refractivity (Wildman–Crippen MR) is 89.4 cm³/mol. The first-order valence-corrected chi connectivity index (χ1v) is 7.53. The Morgan fingerprint density at radius 2 is 2.09 bits per heavy atom. The third-order valence-corrected chi connectivity index (χ3v) is 3.67. The molecular formula is C19H22N2O. The van der Waals surface area contributed by atoms with Gasteiger partial charge in [0.15, 0.2) is 0 Å². The standard InChI is InChI=1S/C19H22N2O/c1-3-13-21(15-18-9-5-4-7-16(18)2)19(22)11-10-17-8-6-12-20-14-17/h3-9,12,14H,1,10-11,13,15H2,2H3. The smallest absolute Gasteiger partial charge is 0.223 e. The molecule has 0 aliphatic heterocycles. The molecule has 1 heterocycles. The molecule has 0 aliphatic rings. The van der Waals surface area contributed by atoms with Crippen molar-refractivity contribution in [2.45, 2.75) is 26.3 Å². The Morgan fingerprint density at radius 1 is 1.27 bits per heavy atom. The molecule has 0 fully saturated rings. The number of amides is 1. The van der Waals surface area contributed by atoms with Crippen LogP contribution in [0.5, 0.6) is 0 Å². The highest BCUT2D eigenvalue weighted by molar-refractivity contribution is 5.76. The van der Waals surface area contributed by atoms with Crippen molar-refractivity contribution in [3.8, 4) is 0 Å². The lowest BCUT2D eigenvalue weighted by molar-refractivity contribution is -0.131. The first-order chi connectivity index (χ1) is 10.7. The number of carbonyl (C=O) groups is 1. The Kier molecular flexibility index (Phi) is 5.90. The van der Waals surface area contributed by atoms with Crippen molar-refractivity contribution in [3.63, 3.8) is 0 Å². The number of rotatable bonds is 7. The largest absolute Gasteiger partial charge is 0.335 e. The molecule has 3 nitrogen and oxygen atoms in total. The summed E-state index contributed by atoms with van der Waals surface area (Å²) >= 11 is 0. The number of carbonyl (C=O) groups excluding carboxylic acids is 1. The molecule has 0 saturated carbocycles. The van der Waals surface area contributed by atoms with Gasteiger partial charge in [0.2, 0.25) is 5.91 Å². The van der Waals surface area contributed by atoms with E-state index < -0.39 is 0 Å². The van der Waals surface area contributed by atoms with Crippen molar-refractivity contribution in [2.75, 3.05) is 6.54 Å². The molecule has 0 bridgehead atoms. The Morgan fingerprint density at radius 3 is 2.77 bits per heavy atom. The summed E-state index contributed by atoms with van der Waals surface area (Å²) in [5.41, 5.74) is 3.47. The van der Waals surface area contributed by atoms with E-state index in [1.807, 2.05) is 35.4 Å². The lowest BCUT2D eigenvalue weighted by atomic mass is 10.1. The molecule has 1 amide bonds. The van der Waals surface area contributed by atoms with Crippen LogP contribution in [0.3, 0.4) is 0 Å². The van der Waals surface area contributed by atoms with Gasteiger partial charge in [0, 0.05) is 31.9 Å². The zero-order valence-electron chi connectivity index (χ0n) is 13.0. The summed E-state index contributed by atoms with van der Waals surface area (Å²) in [7, 11) is 0. The molecule has 0 spiro atoms. The molecular weight excluding hydrogens is 272 g/mol. The van der Waals surface area contributed by atoms with Crippen molar-refractivity contribution in [1.29, 1.82) is 0 Å². The maximum Gasteiger partial charge on any atom is 0.223 e. The van der Waals surface area contributed by atoms with Crippen LogP contribution < -0.4 is 0 Å². The zero-order chi connectivity index (χ0) is 15.8. The van der Waals surface area contributed by atoms with E-state index in [-0.39, 0.29) is 5.91 Å². The molecule has 1 aromatic heterocycles. The van der Waals surface area contributed by atoms with Gasteiger partial charge in [0.25, 0.3) is 0 Å². The van der Waals surface area contributed by atoms with Crippen LogP contribution >= 0.6 is 0 Å². The second-order valence-electron chi connectivity index (χ2n) is 5.35. The van der Waals surface area contributed by atoms with Crippen LogP contribution in [-0.4, -0.2) is 22.3 Å². The molecule has 0 atom stereocenters. The van der Waals surface area contributed by atoms with Crippen molar-refractivity contribution >= 4 is 5.91 Å². The molecule has 0 aliphatic carbocycles. The van der Waals surface area contributed by atoms with Crippen LogP contribution in [0.25, 0.3) is 0 Å². The van der Waals surface area contributed by atoms with Gasteiger partial charge in [-0.1, -0.05) is 36.4 Å². The summed E-state index contributed by atoms with van der Waals surface area (Å²) in [6, 6.07) is 12.1. The Bertz CT molecular complexity index is 622. The third kappa shape index (κ3) is 4.55. The second kappa shape index (κ2) is 8.13. The van der Waals surface area contributed by atoms with Crippen LogP contribution in [0.2, 0.25) is 0 Å². The van der Waals surface area contributed by atoms with Gasteiger partial charge in [-0.3, -0.25) is 9.78 Å². The minimum atomic E-state index is 0.145. The Hall–Kier alpha value is -2.42. The topological polar surface area (TPSA) is 33.2 Å². The van der Waals surface area contributed by atoms with Gasteiger partial charge < -0.3 is 4.90 Å². The summed E-state index contributed by atoms with van der Waals surface area (Å²) in [4.78, 5) is 18.4. The van der Waals surface area contributed by atoms with Crippen LogP contribution in [0.15, 0.2) is 61.4 Å². The van der Waals surface area contributed by atoms with Crippen LogP contribution in [0.4, 0.5) is 0 Å². The zero-order valence-corrected chi connectivity index (χ0v) is 13.0. The van der Waals surface area contributed by atoms with Crippen LogP contribution in [0.1, 0.15) is 23.1 Å². The first-order valence-electron chi connectivity index (χ1n) is 7.53. The molecule has 2 rings (SSSR count). The van der Waals surface area contributed by atoms with E-state index in [0.29, 0.717) is 25.9 Å². The van der Waals surface area contributed by atoms with E-state index in [9.17, 15) is 4.79 Å².